The number of benzene rings is 3. The van der Waals surface area contributed by atoms with Crippen LogP contribution in [0.1, 0.15) is 92.2 Å². The Hall–Kier alpha value is -4.64. The summed E-state index contributed by atoms with van der Waals surface area (Å²) in [4.78, 5) is 83.4. The fraction of sp³-hybridized carbons (Fsp3) is 0.391. The molecule has 2 atom stereocenters. The highest BCUT2D eigenvalue weighted by atomic mass is 32.2. The number of hydrogen-bond acceptors (Lipinski definition) is 12. The maximum atomic E-state index is 14.6. The van der Waals surface area contributed by atoms with Crippen LogP contribution in [0.3, 0.4) is 0 Å². The predicted octanol–water partition coefficient (Wildman–Crippen LogP) is 9.20. The Labute approximate surface area is 379 Å². The third kappa shape index (κ3) is 11.1. The summed E-state index contributed by atoms with van der Waals surface area (Å²) in [7, 11) is 0. The van der Waals surface area contributed by atoms with E-state index in [0.29, 0.717) is 23.8 Å². The standard InChI is InChI=1S/C46H52N4O8S4/c1-25(21-45(3,4)5)19-29(51)57-33-35-36(60-43(59-35)31(39(47)53)40(48)54)34(58-30(52)20-26(2)22-46(6,7)8)38-37(33)61-44(62-38)32-41(55)49(23-27-15-11-9-12-16-27)50(42(32)56)24-28-17-13-10-14-18-28/h9-18,25-26H,19-24H2,1-8H3,(H2,47,53)(H2,48,54). The fourth-order valence-corrected chi connectivity index (χ4v) is 13.4. The van der Waals surface area contributed by atoms with Gasteiger partial charge in [0.25, 0.3) is 23.6 Å². The van der Waals surface area contributed by atoms with E-state index in [2.05, 4.69) is 41.5 Å². The summed E-state index contributed by atoms with van der Waals surface area (Å²) in [5.74, 6) is -4.15. The molecule has 0 aromatic heterocycles. The van der Waals surface area contributed by atoms with Crippen LogP contribution in [0.5, 0.6) is 11.5 Å². The molecular weight excluding hydrogens is 865 g/mol. The first-order chi connectivity index (χ1) is 29.1. The van der Waals surface area contributed by atoms with E-state index in [4.69, 9.17) is 20.9 Å². The first kappa shape index (κ1) is 46.9. The van der Waals surface area contributed by atoms with Crippen LogP contribution < -0.4 is 20.9 Å². The van der Waals surface area contributed by atoms with Gasteiger partial charge in [-0.05, 0) is 46.6 Å². The zero-order chi connectivity index (χ0) is 45.3. The number of primary amides is 2. The number of fused-ring (bicyclic) bond motifs is 2. The quantitative estimate of drug-likeness (QED) is 0.0516. The number of hydrogen-bond donors (Lipinski definition) is 2. The molecule has 0 spiro atoms. The minimum atomic E-state index is -1.05. The lowest BCUT2D eigenvalue weighted by Gasteiger charge is -2.27. The van der Waals surface area contributed by atoms with Gasteiger partial charge in [-0.1, -0.05) is 163 Å². The minimum absolute atomic E-state index is 0.0487. The van der Waals surface area contributed by atoms with Gasteiger partial charge in [-0.3, -0.25) is 28.8 Å². The molecule has 62 heavy (non-hydrogen) atoms. The second kappa shape index (κ2) is 19.0. The van der Waals surface area contributed by atoms with E-state index in [1.165, 1.54) is 10.0 Å². The Kier molecular flexibility index (Phi) is 14.4. The number of rotatable bonds is 14. The average molecular weight is 917 g/mol. The van der Waals surface area contributed by atoms with Gasteiger partial charge < -0.3 is 20.9 Å². The van der Waals surface area contributed by atoms with Crippen LogP contribution in [-0.2, 0) is 41.9 Å². The van der Waals surface area contributed by atoms with E-state index in [1.54, 1.807) is 0 Å². The van der Waals surface area contributed by atoms with Crippen LogP contribution in [0.15, 0.2) is 99.9 Å². The Balaban J connectivity index is 1.50. The molecule has 1 fully saturated rings. The zero-order valence-corrected chi connectivity index (χ0v) is 39.4. The highest BCUT2D eigenvalue weighted by Gasteiger charge is 2.47. The number of nitrogens with two attached hydrogens (primary N) is 2. The van der Waals surface area contributed by atoms with E-state index < -0.39 is 41.1 Å². The van der Waals surface area contributed by atoms with Gasteiger partial charge in [0.2, 0.25) is 0 Å². The first-order valence-corrected chi connectivity index (χ1v) is 23.5. The molecule has 2 unspecified atom stereocenters. The molecule has 0 aliphatic carbocycles. The molecule has 3 heterocycles. The summed E-state index contributed by atoms with van der Waals surface area (Å²) in [6, 6.07) is 18.7. The molecule has 1 saturated heterocycles. The van der Waals surface area contributed by atoms with Gasteiger partial charge in [-0.2, -0.15) is 0 Å². The van der Waals surface area contributed by atoms with Crippen molar-refractivity contribution in [2.24, 2.45) is 34.1 Å². The lowest BCUT2D eigenvalue weighted by atomic mass is 9.84. The van der Waals surface area contributed by atoms with E-state index in [-0.39, 0.29) is 69.9 Å². The van der Waals surface area contributed by atoms with Crippen LogP contribution in [0.25, 0.3) is 0 Å². The van der Waals surface area contributed by atoms with Gasteiger partial charge in [-0.15, -0.1) is 0 Å². The second-order valence-corrected chi connectivity index (χ2v) is 22.8. The van der Waals surface area contributed by atoms with Crippen molar-refractivity contribution in [2.45, 2.75) is 114 Å². The lowest BCUT2D eigenvalue weighted by Crippen LogP contribution is -2.39. The number of carbonyl (C=O) groups is 6. The van der Waals surface area contributed by atoms with Gasteiger partial charge in [0.15, 0.2) is 11.5 Å². The average Bonchev–Trinajstić information content (AvgIpc) is 3.84. The molecule has 6 rings (SSSR count). The highest BCUT2D eigenvalue weighted by Crippen LogP contribution is 2.69. The summed E-state index contributed by atoms with van der Waals surface area (Å²) in [6.45, 7) is 16.7. The molecule has 4 N–H and O–H groups in total. The number of hydrazine groups is 1. The molecule has 12 nitrogen and oxygen atoms in total. The summed E-state index contributed by atoms with van der Waals surface area (Å²) >= 11 is 4.02. The van der Waals surface area contributed by atoms with Crippen molar-refractivity contribution in [3.05, 3.63) is 91.4 Å². The maximum absolute atomic E-state index is 14.6. The Bertz CT molecular complexity index is 2210. The van der Waals surface area contributed by atoms with E-state index in [9.17, 15) is 28.8 Å². The fourth-order valence-electron chi connectivity index (χ4n) is 7.80. The van der Waals surface area contributed by atoms with Crippen molar-refractivity contribution in [3.8, 4) is 11.5 Å². The molecule has 0 radical (unpaired) electrons. The van der Waals surface area contributed by atoms with Gasteiger partial charge in [0, 0.05) is 12.8 Å². The Morgan fingerprint density at radius 2 is 0.952 bits per heavy atom. The second-order valence-electron chi connectivity index (χ2n) is 18.2. The lowest BCUT2D eigenvalue weighted by molar-refractivity contribution is -0.149. The third-order valence-electron chi connectivity index (χ3n) is 9.84. The van der Waals surface area contributed by atoms with Crippen molar-refractivity contribution < 1.29 is 38.2 Å². The van der Waals surface area contributed by atoms with Crippen molar-refractivity contribution in [2.75, 3.05) is 0 Å². The van der Waals surface area contributed by atoms with Crippen molar-refractivity contribution in [1.29, 1.82) is 0 Å². The number of carbonyl (C=O) groups excluding carboxylic acids is 6. The largest absolute Gasteiger partial charge is 0.424 e. The SMILES string of the molecule is CC(CC(=O)Oc1c2c(c(OC(=O)CC(C)CC(C)(C)C)c3c1SC(=C1C(=O)N(Cc4ccccc4)N(Cc4ccccc4)C1=O)S3)SC(=C(C(N)=O)C(N)=O)S2)CC(C)(C)C. The molecule has 328 valence electrons. The van der Waals surface area contributed by atoms with E-state index in [1.807, 2.05) is 74.5 Å². The minimum Gasteiger partial charge on any atom is -0.424 e. The monoisotopic (exact) mass is 916 g/mol. The predicted molar refractivity (Wildman–Crippen MR) is 243 cm³/mol. The number of esters is 2. The number of thioether (sulfide) groups is 4. The normalized spacial score (nSPS) is 16.0. The highest BCUT2D eigenvalue weighted by molar-refractivity contribution is 8.26. The molecule has 3 aliphatic heterocycles. The molecule has 4 amide bonds. The van der Waals surface area contributed by atoms with E-state index >= 15 is 0 Å². The summed E-state index contributed by atoms with van der Waals surface area (Å²) in [6.07, 6.45) is 1.62. The molecule has 3 aliphatic rings. The number of ether oxygens (including phenoxy) is 2. The molecule has 3 aromatic rings. The van der Waals surface area contributed by atoms with Crippen LogP contribution in [0.4, 0.5) is 0 Å². The van der Waals surface area contributed by atoms with Gasteiger partial charge in [0.1, 0.15) is 11.1 Å². The van der Waals surface area contributed by atoms with Gasteiger partial charge in [0.05, 0.1) is 41.1 Å². The first-order valence-electron chi connectivity index (χ1n) is 20.3. The Morgan fingerprint density at radius 1 is 0.597 bits per heavy atom. The van der Waals surface area contributed by atoms with Gasteiger partial charge >= 0.3 is 11.9 Å². The molecule has 0 bridgehead atoms. The molecule has 0 saturated carbocycles. The van der Waals surface area contributed by atoms with Crippen molar-refractivity contribution in [1.82, 2.24) is 10.0 Å². The number of nitrogens with zero attached hydrogens (tertiary/aromatic N) is 2. The summed E-state index contributed by atoms with van der Waals surface area (Å²) in [5.41, 5.74) is 12.3. The molecule has 3 aromatic carbocycles. The maximum Gasteiger partial charge on any atom is 0.311 e. The number of amides is 4. The van der Waals surface area contributed by atoms with Crippen LogP contribution in [-0.4, -0.2) is 45.6 Å². The van der Waals surface area contributed by atoms with Crippen LogP contribution in [0, 0.1) is 22.7 Å². The van der Waals surface area contributed by atoms with Crippen molar-refractivity contribution in [3.63, 3.8) is 0 Å². The van der Waals surface area contributed by atoms with E-state index in [0.717, 1.165) is 71.0 Å². The van der Waals surface area contributed by atoms with Crippen LogP contribution >= 0.6 is 47.0 Å². The zero-order valence-electron chi connectivity index (χ0n) is 36.1. The summed E-state index contributed by atoms with van der Waals surface area (Å²) < 4.78 is 13.0. The molecule has 16 heteroatoms. The van der Waals surface area contributed by atoms with Gasteiger partial charge in [-0.25, -0.2) is 10.0 Å². The van der Waals surface area contributed by atoms with Crippen LogP contribution in [0.2, 0.25) is 0 Å². The van der Waals surface area contributed by atoms with Crippen molar-refractivity contribution >= 4 is 82.6 Å². The third-order valence-corrected chi connectivity index (χ3v) is 15.0. The molecular formula is C46H52N4O8S4. The summed E-state index contributed by atoms with van der Waals surface area (Å²) in [5, 5.41) is 2.87. The smallest absolute Gasteiger partial charge is 0.311 e. The topological polar surface area (TPSA) is 179 Å². The Morgan fingerprint density at radius 3 is 1.29 bits per heavy atom.